The van der Waals surface area contributed by atoms with E-state index in [-0.39, 0.29) is 0 Å². The van der Waals surface area contributed by atoms with E-state index in [9.17, 15) is 0 Å². The SMILES string of the molecule is Nc1cccc(N2CCN(CC3CCCCC3)CC2)c1. The first-order valence-electron chi connectivity index (χ1n) is 8.14. The molecule has 1 saturated carbocycles. The zero-order valence-corrected chi connectivity index (χ0v) is 12.4. The molecule has 3 heteroatoms. The first-order valence-corrected chi connectivity index (χ1v) is 8.14. The Hall–Kier alpha value is -1.22. The number of rotatable bonds is 3. The zero-order chi connectivity index (χ0) is 13.8. The fourth-order valence-electron chi connectivity index (χ4n) is 3.65. The minimum absolute atomic E-state index is 0.868. The minimum Gasteiger partial charge on any atom is -0.399 e. The van der Waals surface area contributed by atoms with E-state index < -0.39 is 0 Å². The van der Waals surface area contributed by atoms with Gasteiger partial charge in [-0.25, -0.2) is 0 Å². The summed E-state index contributed by atoms with van der Waals surface area (Å²) >= 11 is 0. The maximum Gasteiger partial charge on any atom is 0.0387 e. The maximum atomic E-state index is 5.88. The van der Waals surface area contributed by atoms with E-state index in [0.29, 0.717) is 0 Å². The van der Waals surface area contributed by atoms with Gasteiger partial charge in [-0.3, -0.25) is 4.90 Å². The van der Waals surface area contributed by atoms with E-state index in [4.69, 9.17) is 5.73 Å². The summed E-state index contributed by atoms with van der Waals surface area (Å²) in [6.07, 6.45) is 7.27. The molecule has 1 heterocycles. The third kappa shape index (κ3) is 3.45. The predicted octanol–water partition coefficient (Wildman–Crippen LogP) is 2.97. The molecule has 20 heavy (non-hydrogen) atoms. The van der Waals surface area contributed by atoms with Crippen molar-refractivity contribution in [3.63, 3.8) is 0 Å². The number of hydrogen-bond donors (Lipinski definition) is 1. The monoisotopic (exact) mass is 273 g/mol. The van der Waals surface area contributed by atoms with Crippen molar-refractivity contribution in [2.24, 2.45) is 5.92 Å². The second-order valence-corrected chi connectivity index (χ2v) is 6.39. The van der Waals surface area contributed by atoms with Crippen LogP contribution in [0.25, 0.3) is 0 Å². The number of nitrogens with two attached hydrogens (primary N) is 1. The molecule has 0 amide bonds. The predicted molar refractivity (Wildman–Crippen MR) is 86.1 cm³/mol. The molecule has 1 saturated heterocycles. The van der Waals surface area contributed by atoms with Gasteiger partial charge in [-0.15, -0.1) is 0 Å². The highest BCUT2D eigenvalue weighted by molar-refractivity contribution is 5.56. The first-order chi connectivity index (χ1) is 9.81. The van der Waals surface area contributed by atoms with E-state index >= 15 is 0 Å². The van der Waals surface area contributed by atoms with Crippen LogP contribution < -0.4 is 10.6 Å². The summed E-state index contributed by atoms with van der Waals surface area (Å²) in [5.41, 5.74) is 8.03. The fraction of sp³-hybridized carbons (Fsp3) is 0.647. The minimum atomic E-state index is 0.868. The molecule has 1 aromatic rings. The summed E-state index contributed by atoms with van der Waals surface area (Å²) in [6.45, 7) is 5.99. The molecule has 0 spiro atoms. The number of hydrogen-bond acceptors (Lipinski definition) is 3. The van der Waals surface area contributed by atoms with Crippen LogP contribution in [0.2, 0.25) is 0 Å². The van der Waals surface area contributed by atoms with Crippen LogP contribution in [0, 0.1) is 5.92 Å². The van der Waals surface area contributed by atoms with Crippen molar-refractivity contribution in [3.05, 3.63) is 24.3 Å². The van der Waals surface area contributed by atoms with Crippen molar-refractivity contribution in [1.82, 2.24) is 4.90 Å². The van der Waals surface area contributed by atoms with Gasteiger partial charge in [0.2, 0.25) is 0 Å². The van der Waals surface area contributed by atoms with Gasteiger partial charge in [-0.2, -0.15) is 0 Å². The number of nitrogens with zero attached hydrogens (tertiary/aromatic N) is 2. The molecule has 2 aliphatic rings. The van der Waals surface area contributed by atoms with Crippen LogP contribution in [0.1, 0.15) is 32.1 Å². The van der Waals surface area contributed by atoms with Crippen molar-refractivity contribution >= 4 is 11.4 Å². The van der Waals surface area contributed by atoms with E-state index in [1.165, 1.54) is 57.4 Å². The Morgan fingerprint density at radius 3 is 2.45 bits per heavy atom. The van der Waals surface area contributed by atoms with Crippen LogP contribution in [-0.4, -0.2) is 37.6 Å². The number of anilines is 2. The number of nitrogen functional groups attached to an aromatic ring is 1. The van der Waals surface area contributed by atoms with Gasteiger partial charge in [0, 0.05) is 44.1 Å². The summed E-state index contributed by atoms with van der Waals surface area (Å²) in [5, 5.41) is 0. The second-order valence-electron chi connectivity index (χ2n) is 6.39. The smallest absolute Gasteiger partial charge is 0.0387 e. The van der Waals surface area contributed by atoms with Gasteiger partial charge < -0.3 is 10.6 Å². The average Bonchev–Trinajstić information content (AvgIpc) is 2.49. The van der Waals surface area contributed by atoms with Gasteiger partial charge in [-0.05, 0) is 37.0 Å². The van der Waals surface area contributed by atoms with Crippen LogP contribution in [0.4, 0.5) is 11.4 Å². The molecule has 0 atom stereocenters. The van der Waals surface area contributed by atoms with Crippen molar-refractivity contribution in [3.8, 4) is 0 Å². The van der Waals surface area contributed by atoms with E-state index in [0.717, 1.165) is 24.7 Å². The van der Waals surface area contributed by atoms with E-state index in [2.05, 4.69) is 28.0 Å². The fourth-order valence-corrected chi connectivity index (χ4v) is 3.65. The molecule has 0 bridgehead atoms. The maximum absolute atomic E-state index is 5.88. The Bertz CT molecular complexity index is 418. The molecule has 1 aromatic carbocycles. The molecule has 1 aliphatic heterocycles. The Morgan fingerprint density at radius 2 is 1.75 bits per heavy atom. The molecule has 3 rings (SSSR count). The van der Waals surface area contributed by atoms with Crippen LogP contribution in [0.5, 0.6) is 0 Å². The lowest BCUT2D eigenvalue weighted by Gasteiger charge is -2.38. The highest BCUT2D eigenvalue weighted by Gasteiger charge is 2.21. The Balaban J connectivity index is 1.49. The van der Waals surface area contributed by atoms with Crippen LogP contribution in [0.3, 0.4) is 0 Å². The van der Waals surface area contributed by atoms with Crippen LogP contribution >= 0.6 is 0 Å². The van der Waals surface area contributed by atoms with Gasteiger partial charge in [0.25, 0.3) is 0 Å². The standard InChI is InChI=1S/C17H27N3/c18-16-7-4-8-17(13-16)20-11-9-19(10-12-20)14-15-5-2-1-3-6-15/h4,7-8,13,15H,1-3,5-6,9-12,14,18H2. The molecule has 2 fully saturated rings. The van der Waals surface area contributed by atoms with Crippen molar-refractivity contribution < 1.29 is 0 Å². The molecule has 110 valence electrons. The molecule has 3 nitrogen and oxygen atoms in total. The summed E-state index contributed by atoms with van der Waals surface area (Å²) in [7, 11) is 0. The van der Waals surface area contributed by atoms with Gasteiger partial charge in [0.15, 0.2) is 0 Å². The molecule has 0 radical (unpaired) electrons. The van der Waals surface area contributed by atoms with Gasteiger partial charge in [0.05, 0.1) is 0 Å². The summed E-state index contributed by atoms with van der Waals surface area (Å²) in [5.74, 6) is 0.961. The van der Waals surface area contributed by atoms with Crippen molar-refractivity contribution in [1.29, 1.82) is 0 Å². The molecule has 0 aromatic heterocycles. The third-order valence-electron chi connectivity index (χ3n) is 4.85. The van der Waals surface area contributed by atoms with Crippen LogP contribution in [0.15, 0.2) is 24.3 Å². The topological polar surface area (TPSA) is 32.5 Å². The van der Waals surface area contributed by atoms with Crippen molar-refractivity contribution in [2.75, 3.05) is 43.4 Å². The van der Waals surface area contributed by atoms with Crippen molar-refractivity contribution in [2.45, 2.75) is 32.1 Å². The summed E-state index contributed by atoms with van der Waals surface area (Å²) in [6, 6.07) is 8.28. The van der Waals surface area contributed by atoms with E-state index in [1.54, 1.807) is 0 Å². The summed E-state index contributed by atoms with van der Waals surface area (Å²) < 4.78 is 0. The average molecular weight is 273 g/mol. The molecular formula is C17H27N3. The van der Waals surface area contributed by atoms with Gasteiger partial charge in [-0.1, -0.05) is 25.3 Å². The summed E-state index contributed by atoms with van der Waals surface area (Å²) in [4.78, 5) is 5.13. The third-order valence-corrected chi connectivity index (χ3v) is 4.85. The second kappa shape index (κ2) is 6.49. The largest absolute Gasteiger partial charge is 0.399 e. The first kappa shape index (κ1) is 13.7. The molecule has 0 unspecified atom stereocenters. The lowest BCUT2D eigenvalue weighted by Crippen LogP contribution is -2.48. The lowest BCUT2D eigenvalue weighted by atomic mass is 9.89. The van der Waals surface area contributed by atoms with Gasteiger partial charge in [0.1, 0.15) is 0 Å². The molecule has 1 aliphatic carbocycles. The molecule has 2 N–H and O–H groups in total. The Kier molecular flexibility index (Phi) is 4.46. The quantitative estimate of drug-likeness (QED) is 0.859. The highest BCUT2D eigenvalue weighted by atomic mass is 15.3. The normalized spacial score (nSPS) is 22.1. The Morgan fingerprint density at radius 1 is 1.00 bits per heavy atom. The van der Waals surface area contributed by atoms with Gasteiger partial charge >= 0.3 is 0 Å². The zero-order valence-electron chi connectivity index (χ0n) is 12.4. The molecular weight excluding hydrogens is 246 g/mol. The lowest BCUT2D eigenvalue weighted by molar-refractivity contribution is 0.192. The van der Waals surface area contributed by atoms with E-state index in [1.807, 2.05) is 6.07 Å². The Labute approximate surface area is 122 Å². The van der Waals surface area contributed by atoms with Crippen LogP contribution in [-0.2, 0) is 0 Å². The highest BCUT2D eigenvalue weighted by Crippen LogP contribution is 2.25. The number of piperazine rings is 1. The number of benzene rings is 1.